The SMILES string of the molecule is Cc1ccc(NC(=O)C(C)(C)C(=O)N2CCN(C)CC2)cc1Br. The summed E-state index contributed by atoms with van der Waals surface area (Å²) in [7, 11) is 2.04. The maximum Gasteiger partial charge on any atom is 0.239 e. The van der Waals surface area contributed by atoms with Gasteiger partial charge in [-0.15, -0.1) is 0 Å². The van der Waals surface area contributed by atoms with Gasteiger partial charge in [-0.05, 0) is 45.5 Å². The van der Waals surface area contributed by atoms with Crippen LogP contribution in [-0.2, 0) is 9.59 Å². The molecule has 126 valence electrons. The van der Waals surface area contributed by atoms with Crippen molar-refractivity contribution in [3.05, 3.63) is 28.2 Å². The summed E-state index contributed by atoms with van der Waals surface area (Å²) < 4.78 is 0.929. The van der Waals surface area contributed by atoms with Crippen LogP contribution in [0.15, 0.2) is 22.7 Å². The lowest BCUT2D eigenvalue weighted by molar-refractivity contribution is -0.147. The van der Waals surface area contributed by atoms with Crippen LogP contribution in [0.4, 0.5) is 5.69 Å². The number of piperazine rings is 1. The second-order valence-electron chi connectivity index (χ2n) is 6.64. The summed E-state index contributed by atoms with van der Waals surface area (Å²) in [5.74, 6) is -0.397. The summed E-state index contributed by atoms with van der Waals surface area (Å²) in [6.07, 6.45) is 0. The first kappa shape index (κ1) is 17.9. The van der Waals surface area contributed by atoms with E-state index in [1.165, 1.54) is 0 Å². The molecule has 1 N–H and O–H groups in total. The van der Waals surface area contributed by atoms with E-state index < -0.39 is 5.41 Å². The lowest BCUT2D eigenvalue weighted by Gasteiger charge is -2.36. The van der Waals surface area contributed by atoms with E-state index in [4.69, 9.17) is 0 Å². The van der Waals surface area contributed by atoms with Crippen molar-refractivity contribution in [2.45, 2.75) is 20.8 Å². The molecule has 0 unspecified atom stereocenters. The van der Waals surface area contributed by atoms with Crippen molar-refractivity contribution in [2.24, 2.45) is 5.41 Å². The van der Waals surface area contributed by atoms with Crippen molar-refractivity contribution in [1.82, 2.24) is 9.80 Å². The van der Waals surface area contributed by atoms with Crippen LogP contribution >= 0.6 is 15.9 Å². The lowest BCUT2D eigenvalue weighted by atomic mass is 9.89. The van der Waals surface area contributed by atoms with Crippen molar-refractivity contribution < 1.29 is 9.59 Å². The largest absolute Gasteiger partial charge is 0.339 e. The topological polar surface area (TPSA) is 52.7 Å². The average Bonchev–Trinajstić information content (AvgIpc) is 2.51. The molecule has 1 heterocycles. The number of hydrogen-bond acceptors (Lipinski definition) is 3. The predicted octanol–water partition coefficient (Wildman–Crippen LogP) is 2.50. The van der Waals surface area contributed by atoms with Gasteiger partial charge in [0.2, 0.25) is 11.8 Å². The average molecular weight is 382 g/mol. The number of anilines is 1. The highest BCUT2D eigenvalue weighted by Gasteiger charge is 2.39. The first-order valence-electron chi connectivity index (χ1n) is 7.77. The fourth-order valence-corrected chi connectivity index (χ4v) is 2.84. The predicted molar refractivity (Wildman–Crippen MR) is 95.4 cm³/mol. The maximum absolute atomic E-state index is 12.7. The van der Waals surface area contributed by atoms with Crippen LogP contribution < -0.4 is 5.32 Å². The number of hydrogen-bond donors (Lipinski definition) is 1. The van der Waals surface area contributed by atoms with Gasteiger partial charge in [0, 0.05) is 36.3 Å². The Kier molecular flexibility index (Phi) is 5.47. The Morgan fingerprint density at radius 3 is 2.35 bits per heavy atom. The second kappa shape index (κ2) is 7.01. The highest BCUT2D eigenvalue weighted by Crippen LogP contribution is 2.25. The number of amides is 2. The van der Waals surface area contributed by atoms with E-state index in [1.54, 1.807) is 18.7 Å². The summed E-state index contributed by atoms with van der Waals surface area (Å²) in [6.45, 7) is 8.38. The number of aryl methyl sites for hydroxylation is 1. The quantitative estimate of drug-likeness (QED) is 0.818. The summed E-state index contributed by atoms with van der Waals surface area (Å²) in [5.41, 5.74) is 0.690. The molecule has 1 aromatic rings. The molecule has 0 spiro atoms. The van der Waals surface area contributed by atoms with Gasteiger partial charge < -0.3 is 15.1 Å². The van der Waals surface area contributed by atoms with Gasteiger partial charge in [-0.25, -0.2) is 0 Å². The van der Waals surface area contributed by atoms with Crippen molar-refractivity contribution in [3.8, 4) is 0 Å². The Labute approximate surface area is 146 Å². The van der Waals surface area contributed by atoms with Crippen LogP contribution in [0, 0.1) is 12.3 Å². The van der Waals surface area contributed by atoms with Crippen LogP contribution in [0.5, 0.6) is 0 Å². The normalized spacial score (nSPS) is 16.3. The molecule has 1 saturated heterocycles. The van der Waals surface area contributed by atoms with Gasteiger partial charge in [0.1, 0.15) is 5.41 Å². The number of rotatable bonds is 3. The van der Waals surface area contributed by atoms with Gasteiger partial charge in [-0.1, -0.05) is 22.0 Å². The zero-order valence-electron chi connectivity index (χ0n) is 14.1. The third-order valence-electron chi connectivity index (χ3n) is 4.32. The van der Waals surface area contributed by atoms with Crippen LogP contribution in [0.3, 0.4) is 0 Å². The Bertz CT molecular complexity index is 608. The molecule has 0 aliphatic carbocycles. The minimum atomic E-state index is -1.09. The van der Waals surface area contributed by atoms with Crippen LogP contribution in [-0.4, -0.2) is 54.8 Å². The van der Waals surface area contributed by atoms with E-state index in [0.29, 0.717) is 18.8 Å². The number of carbonyl (C=O) groups is 2. The van der Waals surface area contributed by atoms with E-state index in [2.05, 4.69) is 26.1 Å². The molecule has 1 aromatic carbocycles. The first-order chi connectivity index (χ1) is 10.7. The molecule has 23 heavy (non-hydrogen) atoms. The van der Waals surface area contributed by atoms with Crippen molar-refractivity contribution in [1.29, 1.82) is 0 Å². The van der Waals surface area contributed by atoms with Gasteiger partial charge in [0.15, 0.2) is 0 Å². The van der Waals surface area contributed by atoms with Gasteiger partial charge in [0.25, 0.3) is 0 Å². The van der Waals surface area contributed by atoms with Crippen molar-refractivity contribution in [3.63, 3.8) is 0 Å². The minimum Gasteiger partial charge on any atom is -0.339 e. The second-order valence-corrected chi connectivity index (χ2v) is 7.49. The lowest BCUT2D eigenvalue weighted by Crippen LogP contribution is -2.53. The zero-order valence-corrected chi connectivity index (χ0v) is 15.7. The fourth-order valence-electron chi connectivity index (χ4n) is 2.46. The molecule has 0 saturated carbocycles. The zero-order chi connectivity index (χ0) is 17.2. The Hall–Kier alpha value is -1.40. The smallest absolute Gasteiger partial charge is 0.239 e. The van der Waals surface area contributed by atoms with E-state index in [0.717, 1.165) is 23.1 Å². The van der Waals surface area contributed by atoms with Crippen LogP contribution in [0.2, 0.25) is 0 Å². The van der Waals surface area contributed by atoms with Gasteiger partial charge in [0.05, 0.1) is 0 Å². The van der Waals surface area contributed by atoms with Gasteiger partial charge in [-0.2, -0.15) is 0 Å². The number of nitrogens with zero attached hydrogens (tertiary/aromatic N) is 2. The van der Waals surface area contributed by atoms with Crippen molar-refractivity contribution in [2.75, 3.05) is 38.5 Å². The summed E-state index contributed by atoms with van der Waals surface area (Å²) in [5, 5.41) is 2.85. The highest BCUT2D eigenvalue weighted by molar-refractivity contribution is 9.10. The molecular formula is C17H24BrN3O2. The number of halogens is 1. The Morgan fingerprint density at radius 1 is 1.17 bits per heavy atom. The maximum atomic E-state index is 12.7. The molecular weight excluding hydrogens is 358 g/mol. The summed E-state index contributed by atoms with van der Waals surface area (Å²) in [4.78, 5) is 29.3. The first-order valence-corrected chi connectivity index (χ1v) is 8.56. The molecule has 0 bridgehead atoms. The summed E-state index contributed by atoms with van der Waals surface area (Å²) in [6, 6.07) is 5.62. The Balaban J connectivity index is 2.06. The number of nitrogens with one attached hydrogen (secondary N) is 1. The monoisotopic (exact) mass is 381 g/mol. The fraction of sp³-hybridized carbons (Fsp3) is 0.529. The number of benzene rings is 1. The standard InChI is InChI=1S/C17H24BrN3O2/c1-12-5-6-13(11-14(12)18)19-15(22)17(2,3)16(23)21-9-7-20(4)8-10-21/h5-6,11H,7-10H2,1-4H3,(H,19,22). The summed E-state index contributed by atoms with van der Waals surface area (Å²) >= 11 is 3.45. The molecule has 1 aliphatic heterocycles. The molecule has 1 fully saturated rings. The molecule has 6 heteroatoms. The van der Waals surface area contributed by atoms with Crippen LogP contribution in [0.25, 0.3) is 0 Å². The minimum absolute atomic E-state index is 0.116. The molecule has 1 aliphatic rings. The van der Waals surface area contributed by atoms with Crippen molar-refractivity contribution >= 4 is 33.4 Å². The molecule has 0 aromatic heterocycles. The highest BCUT2D eigenvalue weighted by atomic mass is 79.9. The molecule has 0 atom stereocenters. The molecule has 2 amide bonds. The third kappa shape index (κ3) is 4.12. The van der Waals surface area contributed by atoms with Gasteiger partial charge >= 0.3 is 0 Å². The Morgan fingerprint density at radius 2 is 1.78 bits per heavy atom. The van der Waals surface area contributed by atoms with E-state index in [1.807, 2.05) is 32.2 Å². The third-order valence-corrected chi connectivity index (χ3v) is 5.18. The molecule has 5 nitrogen and oxygen atoms in total. The van der Waals surface area contributed by atoms with Gasteiger partial charge in [-0.3, -0.25) is 9.59 Å². The van der Waals surface area contributed by atoms with E-state index in [-0.39, 0.29) is 11.8 Å². The van der Waals surface area contributed by atoms with E-state index in [9.17, 15) is 9.59 Å². The number of carbonyl (C=O) groups excluding carboxylic acids is 2. The van der Waals surface area contributed by atoms with Crippen LogP contribution in [0.1, 0.15) is 19.4 Å². The number of likely N-dealkylation sites (N-methyl/N-ethyl adjacent to an activating group) is 1. The van der Waals surface area contributed by atoms with E-state index >= 15 is 0 Å². The molecule has 2 rings (SSSR count). The molecule has 0 radical (unpaired) electrons.